The molecule has 90 valence electrons. The van der Waals surface area contributed by atoms with Crippen molar-refractivity contribution in [2.45, 2.75) is 58.5 Å². The molecule has 1 saturated heterocycles. The Kier molecular flexibility index (Phi) is 7.03. The van der Waals surface area contributed by atoms with Gasteiger partial charge in [-0.3, -0.25) is 0 Å². The number of ether oxygens (including phenoxy) is 1. The molecule has 0 aromatic rings. The number of hydrogen-bond donors (Lipinski definition) is 1. The molecule has 1 N–H and O–H groups in total. The standard InChI is InChI=1S/C13H27NO/c1-3-5-7-12(4-2)11-15-13-8-6-9-14-10-13/h12-14H,3-11H2,1-2H3. The molecule has 0 aliphatic carbocycles. The fraction of sp³-hybridized carbons (Fsp3) is 1.00. The first kappa shape index (κ1) is 13.0. The molecule has 15 heavy (non-hydrogen) atoms. The molecule has 2 nitrogen and oxygen atoms in total. The summed E-state index contributed by atoms with van der Waals surface area (Å²) in [5.74, 6) is 0.784. The van der Waals surface area contributed by atoms with Gasteiger partial charge in [0.2, 0.25) is 0 Å². The molecule has 1 fully saturated rings. The van der Waals surface area contributed by atoms with Crippen molar-refractivity contribution >= 4 is 0 Å². The fourth-order valence-electron chi connectivity index (χ4n) is 2.13. The molecular formula is C13H27NO. The minimum Gasteiger partial charge on any atom is -0.377 e. The first-order valence-corrected chi connectivity index (χ1v) is 6.69. The largest absolute Gasteiger partial charge is 0.377 e. The average molecular weight is 213 g/mol. The lowest BCUT2D eigenvalue weighted by atomic mass is 10.0. The Morgan fingerprint density at radius 1 is 1.40 bits per heavy atom. The summed E-state index contributed by atoms with van der Waals surface area (Å²) in [6.07, 6.45) is 8.27. The van der Waals surface area contributed by atoms with Gasteiger partial charge in [0.15, 0.2) is 0 Å². The zero-order valence-electron chi connectivity index (χ0n) is 10.4. The van der Waals surface area contributed by atoms with Gasteiger partial charge < -0.3 is 10.1 Å². The van der Waals surface area contributed by atoms with E-state index in [1.54, 1.807) is 0 Å². The molecule has 0 spiro atoms. The Morgan fingerprint density at radius 3 is 2.87 bits per heavy atom. The third-order valence-corrected chi connectivity index (χ3v) is 3.36. The normalized spacial score (nSPS) is 24.0. The Balaban J connectivity index is 2.09. The van der Waals surface area contributed by atoms with Crippen molar-refractivity contribution in [3.8, 4) is 0 Å². The van der Waals surface area contributed by atoms with Crippen molar-refractivity contribution in [3.63, 3.8) is 0 Å². The van der Waals surface area contributed by atoms with E-state index in [9.17, 15) is 0 Å². The number of piperidine rings is 1. The van der Waals surface area contributed by atoms with Crippen LogP contribution in [0.4, 0.5) is 0 Å². The van der Waals surface area contributed by atoms with Crippen LogP contribution in [0.2, 0.25) is 0 Å². The van der Waals surface area contributed by atoms with E-state index >= 15 is 0 Å². The van der Waals surface area contributed by atoms with E-state index in [1.165, 1.54) is 45.1 Å². The zero-order valence-corrected chi connectivity index (χ0v) is 10.4. The average Bonchev–Trinajstić information content (AvgIpc) is 2.31. The van der Waals surface area contributed by atoms with Crippen molar-refractivity contribution in [1.29, 1.82) is 0 Å². The highest BCUT2D eigenvalue weighted by Crippen LogP contribution is 2.15. The molecule has 0 radical (unpaired) electrons. The Labute approximate surface area is 94.8 Å². The Hall–Kier alpha value is -0.0800. The lowest BCUT2D eigenvalue weighted by molar-refractivity contribution is 0.0128. The second kappa shape index (κ2) is 8.12. The summed E-state index contributed by atoms with van der Waals surface area (Å²) >= 11 is 0. The summed E-state index contributed by atoms with van der Waals surface area (Å²) < 4.78 is 5.97. The van der Waals surface area contributed by atoms with E-state index in [2.05, 4.69) is 19.2 Å². The van der Waals surface area contributed by atoms with Crippen LogP contribution in [0.1, 0.15) is 52.4 Å². The summed E-state index contributed by atoms with van der Waals surface area (Å²) in [6, 6.07) is 0. The lowest BCUT2D eigenvalue weighted by Crippen LogP contribution is -2.36. The van der Waals surface area contributed by atoms with Gasteiger partial charge in [-0.1, -0.05) is 33.1 Å². The minimum absolute atomic E-state index is 0.481. The van der Waals surface area contributed by atoms with Crippen molar-refractivity contribution in [1.82, 2.24) is 5.32 Å². The molecule has 1 aliphatic heterocycles. The molecule has 1 aliphatic rings. The Morgan fingerprint density at radius 2 is 2.27 bits per heavy atom. The number of nitrogens with one attached hydrogen (secondary N) is 1. The topological polar surface area (TPSA) is 21.3 Å². The van der Waals surface area contributed by atoms with E-state index in [0.717, 1.165) is 19.1 Å². The van der Waals surface area contributed by atoms with Gasteiger partial charge in [-0.05, 0) is 31.7 Å². The van der Waals surface area contributed by atoms with E-state index in [1.807, 2.05) is 0 Å². The van der Waals surface area contributed by atoms with Gasteiger partial charge in [0.25, 0.3) is 0 Å². The molecule has 1 rings (SSSR count). The lowest BCUT2D eigenvalue weighted by Gasteiger charge is -2.25. The van der Waals surface area contributed by atoms with Crippen molar-refractivity contribution < 1.29 is 4.74 Å². The molecule has 2 atom stereocenters. The number of hydrogen-bond acceptors (Lipinski definition) is 2. The molecular weight excluding hydrogens is 186 g/mol. The first-order valence-electron chi connectivity index (χ1n) is 6.69. The predicted octanol–water partition coefficient (Wildman–Crippen LogP) is 2.97. The van der Waals surface area contributed by atoms with E-state index in [-0.39, 0.29) is 0 Å². The third kappa shape index (κ3) is 5.53. The van der Waals surface area contributed by atoms with Crippen LogP contribution in [0.15, 0.2) is 0 Å². The highest BCUT2D eigenvalue weighted by atomic mass is 16.5. The second-order valence-corrected chi connectivity index (χ2v) is 4.72. The van der Waals surface area contributed by atoms with Crippen LogP contribution >= 0.6 is 0 Å². The van der Waals surface area contributed by atoms with Gasteiger partial charge in [0, 0.05) is 13.2 Å². The first-order chi connectivity index (χ1) is 7.36. The van der Waals surface area contributed by atoms with E-state index in [4.69, 9.17) is 4.74 Å². The molecule has 0 saturated carbocycles. The van der Waals surface area contributed by atoms with Crippen LogP contribution in [0.25, 0.3) is 0 Å². The van der Waals surface area contributed by atoms with E-state index < -0.39 is 0 Å². The Bertz CT molecular complexity index is 143. The molecule has 0 aromatic carbocycles. The number of unbranched alkanes of at least 4 members (excludes halogenated alkanes) is 1. The minimum atomic E-state index is 0.481. The maximum atomic E-state index is 5.97. The fourth-order valence-corrected chi connectivity index (χ4v) is 2.13. The highest BCUT2D eigenvalue weighted by molar-refractivity contribution is 4.69. The van der Waals surface area contributed by atoms with Crippen LogP contribution in [-0.2, 0) is 4.74 Å². The highest BCUT2D eigenvalue weighted by Gasteiger charge is 2.15. The van der Waals surface area contributed by atoms with Crippen LogP contribution in [0.3, 0.4) is 0 Å². The maximum absolute atomic E-state index is 5.97. The SMILES string of the molecule is CCCCC(CC)COC1CCCNC1. The molecule has 1 heterocycles. The number of rotatable bonds is 7. The van der Waals surface area contributed by atoms with Crippen LogP contribution in [0.5, 0.6) is 0 Å². The van der Waals surface area contributed by atoms with Crippen LogP contribution in [-0.4, -0.2) is 25.8 Å². The summed E-state index contributed by atoms with van der Waals surface area (Å²) in [5.41, 5.74) is 0. The smallest absolute Gasteiger partial charge is 0.0700 e. The van der Waals surface area contributed by atoms with Crippen LogP contribution < -0.4 is 5.32 Å². The summed E-state index contributed by atoms with van der Waals surface area (Å²) in [6.45, 7) is 7.75. The van der Waals surface area contributed by atoms with Crippen molar-refractivity contribution in [3.05, 3.63) is 0 Å². The molecule has 0 aromatic heterocycles. The predicted molar refractivity (Wildman–Crippen MR) is 65.1 cm³/mol. The van der Waals surface area contributed by atoms with Gasteiger partial charge in [0.1, 0.15) is 0 Å². The van der Waals surface area contributed by atoms with Gasteiger partial charge in [-0.15, -0.1) is 0 Å². The van der Waals surface area contributed by atoms with Crippen molar-refractivity contribution in [2.24, 2.45) is 5.92 Å². The van der Waals surface area contributed by atoms with E-state index in [0.29, 0.717) is 6.10 Å². The quantitative estimate of drug-likeness (QED) is 0.702. The molecule has 0 amide bonds. The molecule has 2 heteroatoms. The summed E-state index contributed by atoms with van der Waals surface area (Å²) in [4.78, 5) is 0. The molecule has 0 bridgehead atoms. The van der Waals surface area contributed by atoms with Crippen LogP contribution in [0, 0.1) is 5.92 Å². The summed E-state index contributed by atoms with van der Waals surface area (Å²) in [7, 11) is 0. The second-order valence-electron chi connectivity index (χ2n) is 4.72. The van der Waals surface area contributed by atoms with Crippen molar-refractivity contribution in [2.75, 3.05) is 19.7 Å². The van der Waals surface area contributed by atoms with Gasteiger partial charge in [-0.25, -0.2) is 0 Å². The maximum Gasteiger partial charge on any atom is 0.0700 e. The molecule has 2 unspecified atom stereocenters. The van der Waals surface area contributed by atoms with Gasteiger partial charge >= 0.3 is 0 Å². The monoisotopic (exact) mass is 213 g/mol. The van der Waals surface area contributed by atoms with Gasteiger partial charge in [0.05, 0.1) is 6.10 Å². The zero-order chi connectivity index (χ0) is 10.9. The van der Waals surface area contributed by atoms with Gasteiger partial charge in [-0.2, -0.15) is 0 Å². The third-order valence-electron chi connectivity index (χ3n) is 3.36. The summed E-state index contributed by atoms with van der Waals surface area (Å²) in [5, 5.41) is 3.39.